The van der Waals surface area contributed by atoms with E-state index in [9.17, 15) is 19.2 Å². The van der Waals surface area contributed by atoms with Gasteiger partial charge in [-0.25, -0.2) is 4.79 Å². The molecule has 36 heavy (non-hydrogen) atoms. The Labute approximate surface area is 208 Å². The van der Waals surface area contributed by atoms with Crippen LogP contribution in [0.4, 0.5) is 4.79 Å². The summed E-state index contributed by atoms with van der Waals surface area (Å²) in [6.45, 7) is 2.02. The normalized spacial score (nSPS) is 25.9. The van der Waals surface area contributed by atoms with Crippen LogP contribution in [0.2, 0.25) is 0 Å². The molecule has 1 unspecified atom stereocenters. The number of imide groups is 2. The van der Waals surface area contributed by atoms with Crippen molar-refractivity contribution in [2.45, 2.75) is 25.3 Å². The standard InChI is InChI=1S/C26H30N4O6/c1-28-24(33)26(23(32)27-25(28)34,11-17-7-8-19(35-2)10-21(17)36-3)15-29-12-16-9-18(14-29)20-5-4-6-22(31)30(20)13-16/h4-8,10,16,18H,9,11-15H2,1-3H3,(H,27,32,34)/t16-,18-,26?/m0/s1. The molecule has 2 fully saturated rings. The first kappa shape index (κ1) is 24.1. The van der Waals surface area contributed by atoms with Crippen molar-refractivity contribution in [2.75, 3.05) is 40.9 Å². The van der Waals surface area contributed by atoms with Gasteiger partial charge in [0.25, 0.3) is 5.56 Å². The minimum atomic E-state index is -1.52. The molecule has 0 saturated carbocycles. The molecule has 10 heteroatoms. The van der Waals surface area contributed by atoms with Crippen LogP contribution in [0.5, 0.6) is 11.5 Å². The van der Waals surface area contributed by atoms with Crippen LogP contribution >= 0.6 is 0 Å². The highest BCUT2D eigenvalue weighted by atomic mass is 16.5. The number of pyridine rings is 1. The van der Waals surface area contributed by atoms with Crippen molar-refractivity contribution in [1.29, 1.82) is 0 Å². The maximum Gasteiger partial charge on any atom is 0.330 e. The zero-order valence-corrected chi connectivity index (χ0v) is 20.7. The Bertz CT molecular complexity index is 1290. The first-order valence-corrected chi connectivity index (χ1v) is 12.0. The van der Waals surface area contributed by atoms with Gasteiger partial charge >= 0.3 is 6.03 Å². The number of likely N-dealkylation sites (tertiary alicyclic amines) is 1. The number of piperidine rings is 1. The lowest BCUT2D eigenvalue weighted by Gasteiger charge is -2.47. The maximum absolute atomic E-state index is 13.7. The largest absolute Gasteiger partial charge is 0.497 e. The first-order chi connectivity index (χ1) is 17.3. The average Bonchev–Trinajstić information content (AvgIpc) is 2.87. The van der Waals surface area contributed by atoms with Gasteiger partial charge in [-0.05, 0) is 30.0 Å². The Hall–Kier alpha value is -3.66. The van der Waals surface area contributed by atoms with Gasteiger partial charge in [-0.1, -0.05) is 12.1 Å². The van der Waals surface area contributed by atoms with Crippen LogP contribution in [0.1, 0.15) is 23.6 Å². The smallest absolute Gasteiger partial charge is 0.330 e. The van der Waals surface area contributed by atoms with Crippen molar-refractivity contribution in [2.24, 2.45) is 11.3 Å². The van der Waals surface area contributed by atoms with Crippen LogP contribution < -0.4 is 20.3 Å². The Balaban J connectivity index is 1.50. The molecule has 3 atom stereocenters. The van der Waals surface area contributed by atoms with Crippen molar-refractivity contribution < 1.29 is 23.9 Å². The highest BCUT2D eigenvalue weighted by Crippen LogP contribution is 2.39. The lowest BCUT2D eigenvalue weighted by atomic mass is 9.75. The number of nitrogens with zero attached hydrogens (tertiary/aromatic N) is 3. The van der Waals surface area contributed by atoms with E-state index in [4.69, 9.17) is 9.47 Å². The predicted octanol–water partition coefficient (Wildman–Crippen LogP) is 1.22. The van der Waals surface area contributed by atoms with Crippen molar-refractivity contribution in [1.82, 2.24) is 19.7 Å². The molecular formula is C26H30N4O6. The number of hydrogen-bond acceptors (Lipinski definition) is 7. The lowest BCUT2D eigenvalue weighted by Crippen LogP contribution is -2.67. The fraction of sp³-hybridized carbons (Fsp3) is 0.462. The first-order valence-electron chi connectivity index (χ1n) is 12.0. The summed E-state index contributed by atoms with van der Waals surface area (Å²) in [5.74, 6) is 0.291. The molecule has 3 aliphatic rings. The van der Waals surface area contributed by atoms with Crippen LogP contribution in [0, 0.1) is 11.3 Å². The van der Waals surface area contributed by atoms with Gasteiger partial charge in [0.15, 0.2) is 0 Å². The molecule has 1 N–H and O–H groups in total. The third-order valence-corrected chi connectivity index (χ3v) is 7.71. The Kier molecular flexibility index (Phi) is 6.07. The van der Waals surface area contributed by atoms with Crippen molar-refractivity contribution >= 4 is 17.8 Å². The van der Waals surface area contributed by atoms with Gasteiger partial charge in [-0.3, -0.25) is 24.6 Å². The van der Waals surface area contributed by atoms with E-state index in [1.54, 1.807) is 37.4 Å². The number of rotatable bonds is 6. The second kappa shape index (κ2) is 9.09. The third-order valence-electron chi connectivity index (χ3n) is 7.71. The number of methoxy groups -OCH3 is 2. The van der Waals surface area contributed by atoms with Crippen LogP contribution in [-0.4, -0.2) is 73.1 Å². The lowest BCUT2D eigenvalue weighted by molar-refractivity contribution is -0.152. The number of carbonyl (C=O) groups is 3. The molecule has 2 saturated heterocycles. The number of amides is 4. The third kappa shape index (κ3) is 3.95. The monoisotopic (exact) mass is 494 g/mol. The van der Waals surface area contributed by atoms with Gasteiger partial charge in [-0.15, -0.1) is 0 Å². The van der Waals surface area contributed by atoms with Crippen molar-refractivity contribution in [3.63, 3.8) is 0 Å². The molecule has 5 rings (SSSR count). The molecule has 1 aromatic heterocycles. The number of nitrogens with one attached hydrogen (secondary N) is 1. The van der Waals surface area contributed by atoms with E-state index in [2.05, 4.69) is 10.2 Å². The van der Waals surface area contributed by atoms with E-state index in [1.165, 1.54) is 14.2 Å². The van der Waals surface area contributed by atoms with Gasteiger partial charge in [-0.2, -0.15) is 0 Å². The van der Waals surface area contributed by atoms with Gasteiger partial charge in [0.2, 0.25) is 11.8 Å². The number of benzene rings is 1. The molecule has 0 spiro atoms. The maximum atomic E-state index is 13.7. The van der Waals surface area contributed by atoms with Gasteiger partial charge in [0, 0.05) is 63.4 Å². The van der Waals surface area contributed by atoms with Crippen LogP contribution in [0.3, 0.4) is 0 Å². The molecule has 10 nitrogen and oxygen atoms in total. The van der Waals surface area contributed by atoms with Gasteiger partial charge < -0.3 is 18.9 Å². The van der Waals surface area contributed by atoms with E-state index in [-0.39, 0.29) is 30.4 Å². The van der Waals surface area contributed by atoms with E-state index in [0.29, 0.717) is 36.7 Å². The van der Waals surface area contributed by atoms with Crippen molar-refractivity contribution in [3.05, 3.63) is 58.0 Å². The number of carbonyl (C=O) groups excluding carboxylic acids is 3. The minimum absolute atomic E-state index is 0.000643. The molecule has 4 heterocycles. The van der Waals surface area contributed by atoms with E-state index in [1.807, 2.05) is 10.6 Å². The summed E-state index contributed by atoms with van der Waals surface area (Å²) in [6.07, 6.45) is 1.02. The van der Waals surface area contributed by atoms with Crippen molar-refractivity contribution in [3.8, 4) is 11.5 Å². The average molecular weight is 495 g/mol. The summed E-state index contributed by atoms with van der Waals surface area (Å²) in [4.78, 5) is 54.9. The molecule has 190 valence electrons. The quantitative estimate of drug-likeness (QED) is 0.602. The van der Waals surface area contributed by atoms with E-state index >= 15 is 0 Å². The highest BCUT2D eigenvalue weighted by Gasteiger charge is 2.54. The van der Waals surface area contributed by atoms with Crippen LogP contribution in [0.15, 0.2) is 41.2 Å². The molecule has 0 aliphatic carbocycles. The second-order valence-electron chi connectivity index (χ2n) is 9.95. The van der Waals surface area contributed by atoms with E-state index < -0.39 is 23.3 Å². The summed E-state index contributed by atoms with van der Waals surface area (Å²) in [6, 6.07) is 9.86. The van der Waals surface area contributed by atoms with Crippen LogP contribution in [0.25, 0.3) is 0 Å². The molecule has 2 aromatic rings. The van der Waals surface area contributed by atoms with Gasteiger partial charge in [0.1, 0.15) is 16.9 Å². The summed E-state index contributed by atoms with van der Waals surface area (Å²) >= 11 is 0. The summed E-state index contributed by atoms with van der Waals surface area (Å²) in [7, 11) is 4.46. The summed E-state index contributed by atoms with van der Waals surface area (Å²) in [5.41, 5.74) is 0.132. The summed E-state index contributed by atoms with van der Waals surface area (Å²) in [5, 5.41) is 2.38. The number of barbiturate groups is 1. The predicted molar refractivity (Wildman–Crippen MR) is 130 cm³/mol. The minimum Gasteiger partial charge on any atom is -0.497 e. The van der Waals surface area contributed by atoms with Crippen LogP contribution in [-0.2, 0) is 22.6 Å². The number of fused-ring (bicyclic) bond motifs is 4. The SMILES string of the molecule is COc1ccc(CC2(CN3C[C@@H]4C[C@@H](C3)c3cccc(=O)n3C4)C(=O)NC(=O)N(C)C2=O)c(OC)c1. The Morgan fingerprint density at radius 3 is 2.58 bits per heavy atom. The summed E-state index contributed by atoms with van der Waals surface area (Å²) < 4.78 is 12.7. The van der Waals surface area contributed by atoms with Gasteiger partial charge in [0.05, 0.1) is 14.2 Å². The fourth-order valence-electron chi connectivity index (χ4n) is 5.99. The number of urea groups is 1. The second-order valence-corrected chi connectivity index (χ2v) is 9.95. The molecule has 3 aliphatic heterocycles. The Morgan fingerprint density at radius 2 is 1.83 bits per heavy atom. The number of ether oxygens (including phenoxy) is 2. The Morgan fingerprint density at radius 1 is 1.03 bits per heavy atom. The zero-order valence-electron chi connectivity index (χ0n) is 20.7. The zero-order chi connectivity index (χ0) is 25.6. The molecule has 4 amide bonds. The number of aromatic nitrogens is 1. The molecular weight excluding hydrogens is 464 g/mol. The molecule has 2 bridgehead atoms. The molecule has 0 radical (unpaired) electrons. The fourth-order valence-corrected chi connectivity index (χ4v) is 5.99. The van der Waals surface area contributed by atoms with E-state index in [0.717, 1.165) is 17.0 Å². The molecule has 1 aromatic carbocycles. The highest BCUT2D eigenvalue weighted by molar-refractivity contribution is 6.19. The number of hydrogen-bond donors (Lipinski definition) is 1. The topological polar surface area (TPSA) is 110 Å².